The molecule has 150 valence electrons. The maximum Gasteiger partial charge on any atom is 0.312 e. The third-order valence-electron chi connectivity index (χ3n) is 4.65. The van der Waals surface area contributed by atoms with E-state index < -0.39 is 14.9 Å². The van der Waals surface area contributed by atoms with Crippen LogP contribution in [0.4, 0.5) is 5.69 Å². The van der Waals surface area contributed by atoms with Gasteiger partial charge in [-0.3, -0.25) is 10.1 Å². The molecule has 2 aromatic rings. The maximum atomic E-state index is 12.7. The Kier molecular flexibility index (Phi) is 5.85. The van der Waals surface area contributed by atoms with Gasteiger partial charge in [-0.25, -0.2) is 8.42 Å². The lowest BCUT2D eigenvalue weighted by molar-refractivity contribution is -0.386. The predicted molar refractivity (Wildman–Crippen MR) is 103 cm³/mol. The first-order chi connectivity index (χ1) is 13.3. The minimum Gasteiger partial charge on any atom is -0.496 e. The molecule has 0 spiro atoms. The van der Waals surface area contributed by atoms with Crippen molar-refractivity contribution in [2.24, 2.45) is 0 Å². The summed E-state index contributed by atoms with van der Waals surface area (Å²) in [6.07, 6.45) is 1.59. The summed E-state index contributed by atoms with van der Waals surface area (Å²) in [7, 11) is -2.21. The Bertz CT molecular complexity index is 984. The van der Waals surface area contributed by atoms with E-state index >= 15 is 0 Å². The molecule has 0 aliphatic carbocycles. The molecule has 0 saturated carbocycles. The van der Waals surface area contributed by atoms with Crippen LogP contribution in [0.5, 0.6) is 11.5 Å². The van der Waals surface area contributed by atoms with Crippen LogP contribution < -0.4 is 9.47 Å². The van der Waals surface area contributed by atoms with Gasteiger partial charge in [0.15, 0.2) is 5.75 Å². The Morgan fingerprint density at radius 1 is 1.11 bits per heavy atom. The number of rotatable bonds is 7. The normalized spacial score (nSPS) is 14.8. The smallest absolute Gasteiger partial charge is 0.312 e. The fourth-order valence-corrected chi connectivity index (χ4v) is 4.71. The molecule has 0 unspecified atom stereocenters. The molecule has 1 aliphatic rings. The van der Waals surface area contributed by atoms with Crippen molar-refractivity contribution in [1.29, 1.82) is 0 Å². The first-order valence-corrected chi connectivity index (χ1v) is 10.3. The van der Waals surface area contributed by atoms with Crippen LogP contribution in [-0.2, 0) is 16.6 Å². The number of methoxy groups -OCH3 is 1. The average molecular weight is 406 g/mol. The van der Waals surface area contributed by atoms with E-state index in [0.717, 1.165) is 30.0 Å². The zero-order valence-corrected chi connectivity index (χ0v) is 16.6. The monoisotopic (exact) mass is 406 g/mol. The fourth-order valence-electron chi connectivity index (χ4n) is 3.18. The third kappa shape index (κ3) is 4.10. The predicted octanol–water partition coefficient (Wildman–Crippen LogP) is 3.28. The Labute approximate surface area is 163 Å². The van der Waals surface area contributed by atoms with E-state index in [9.17, 15) is 18.5 Å². The van der Waals surface area contributed by atoms with Gasteiger partial charge in [0.2, 0.25) is 10.0 Å². The van der Waals surface area contributed by atoms with Crippen LogP contribution in [0.2, 0.25) is 0 Å². The second kappa shape index (κ2) is 8.15. The largest absolute Gasteiger partial charge is 0.496 e. The summed E-state index contributed by atoms with van der Waals surface area (Å²) in [6.45, 7) is 2.84. The number of ether oxygens (including phenoxy) is 2. The van der Waals surface area contributed by atoms with E-state index in [1.54, 1.807) is 6.07 Å². The van der Waals surface area contributed by atoms with Crippen molar-refractivity contribution in [2.75, 3.05) is 20.2 Å². The van der Waals surface area contributed by atoms with Gasteiger partial charge < -0.3 is 9.47 Å². The highest BCUT2D eigenvalue weighted by atomic mass is 32.2. The zero-order chi connectivity index (χ0) is 20.3. The molecule has 9 heteroatoms. The van der Waals surface area contributed by atoms with Gasteiger partial charge in [-0.15, -0.1) is 0 Å². The number of sulfonamides is 1. The van der Waals surface area contributed by atoms with Crippen molar-refractivity contribution < 1.29 is 22.8 Å². The highest BCUT2D eigenvalue weighted by Gasteiger charge is 2.29. The van der Waals surface area contributed by atoms with Gasteiger partial charge in [-0.05, 0) is 44.0 Å². The molecule has 1 fully saturated rings. The molecule has 0 amide bonds. The molecule has 1 heterocycles. The topological polar surface area (TPSA) is 99.0 Å². The van der Waals surface area contributed by atoms with E-state index in [1.165, 1.54) is 23.5 Å². The van der Waals surface area contributed by atoms with Gasteiger partial charge in [-0.1, -0.05) is 11.6 Å². The molecule has 2 aromatic carbocycles. The van der Waals surface area contributed by atoms with Crippen LogP contribution in [-0.4, -0.2) is 37.8 Å². The molecule has 0 radical (unpaired) electrons. The fraction of sp³-hybridized carbons (Fsp3) is 0.368. The van der Waals surface area contributed by atoms with Crippen molar-refractivity contribution in [2.45, 2.75) is 31.3 Å². The minimum atomic E-state index is -3.74. The first kappa shape index (κ1) is 20.1. The zero-order valence-electron chi connectivity index (χ0n) is 15.8. The van der Waals surface area contributed by atoms with E-state index in [1.807, 2.05) is 19.1 Å². The van der Waals surface area contributed by atoms with Crippen molar-refractivity contribution in [3.05, 3.63) is 57.6 Å². The summed E-state index contributed by atoms with van der Waals surface area (Å²) in [5.41, 5.74) is 1.36. The van der Waals surface area contributed by atoms with Crippen LogP contribution in [0, 0.1) is 17.0 Å². The van der Waals surface area contributed by atoms with Gasteiger partial charge in [-0.2, -0.15) is 4.31 Å². The molecule has 28 heavy (non-hydrogen) atoms. The lowest BCUT2D eigenvalue weighted by atomic mass is 10.1. The number of benzene rings is 2. The SMILES string of the molecule is COc1ccc(C)cc1COc1ccc(S(=O)(=O)N2CCCC2)cc1[N+](=O)[O-]. The molecule has 0 atom stereocenters. The minimum absolute atomic E-state index is 0.00827. The van der Waals surface area contributed by atoms with Crippen LogP contribution in [0.3, 0.4) is 0 Å². The number of nitro benzene ring substituents is 1. The number of hydrogen-bond acceptors (Lipinski definition) is 6. The van der Waals surface area contributed by atoms with Gasteiger partial charge in [0, 0.05) is 24.7 Å². The van der Waals surface area contributed by atoms with Crippen molar-refractivity contribution >= 4 is 15.7 Å². The van der Waals surface area contributed by atoms with Gasteiger partial charge >= 0.3 is 5.69 Å². The van der Waals surface area contributed by atoms with Gasteiger partial charge in [0.25, 0.3) is 0 Å². The summed E-state index contributed by atoms with van der Waals surface area (Å²) in [4.78, 5) is 10.8. The number of nitrogens with zero attached hydrogens (tertiary/aromatic N) is 2. The number of aryl methyl sites for hydroxylation is 1. The summed E-state index contributed by atoms with van der Waals surface area (Å²) in [5, 5.41) is 11.5. The molecule has 1 aliphatic heterocycles. The standard InChI is InChI=1S/C19H22N2O6S/c1-14-5-7-18(26-2)15(11-14)13-27-19-8-6-16(12-17(19)21(22)23)28(24,25)20-9-3-4-10-20/h5-8,11-12H,3-4,9-10,13H2,1-2H3. The van der Waals surface area contributed by atoms with E-state index in [4.69, 9.17) is 9.47 Å². The Hall–Kier alpha value is -2.65. The molecule has 0 N–H and O–H groups in total. The number of hydrogen-bond donors (Lipinski definition) is 0. The van der Waals surface area contributed by atoms with Gasteiger partial charge in [0.05, 0.1) is 16.9 Å². The molecular weight excluding hydrogens is 384 g/mol. The van der Waals surface area contributed by atoms with Crippen LogP contribution >= 0.6 is 0 Å². The lowest BCUT2D eigenvalue weighted by Gasteiger charge is -2.16. The van der Waals surface area contributed by atoms with Crippen molar-refractivity contribution in [3.8, 4) is 11.5 Å². The highest BCUT2D eigenvalue weighted by molar-refractivity contribution is 7.89. The van der Waals surface area contributed by atoms with Crippen molar-refractivity contribution in [1.82, 2.24) is 4.31 Å². The maximum absolute atomic E-state index is 12.7. The van der Waals surface area contributed by atoms with Gasteiger partial charge in [0.1, 0.15) is 12.4 Å². The van der Waals surface area contributed by atoms with Crippen LogP contribution in [0.1, 0.15) is 24.0 Å². The molecular formula is C19H22N2O6S. The second-order valence-corrected chi connectivity index (χ2v) is 8.54. The quantitative estimate of drug-likeness (QED) is 0.517. The van der Waals surface area contributed by atoms with Crippen molar-refractivity contribution in [3.63, 3.8) is 0 Å². The summed E-state index contributed by atoms with van der Waals surface area (Å²) >= 11 is 0. The number of nitro groups is 1. The average Bonchev–Trinajstić information content (AvgIpc) is 3.22. The molecule has 0 aromatic heterocycles. The third-order valence-corrected chi connectivity index (χ3v) is 6.54. The summed E-state index contributed by atoms with van der Waals surface area (Å²) in [5.74, 6) is 0.621. The summed E-state index contributed by atoms with van der Waals surface area (Å²) < 4.78 is 37.6. The molecule has 3 rings (SSSR count). The Morgan fingerprint density at radius 3 is 2.43 bits per heavy atom. The van der Waals surface area contributed by atoms with E-state index in [-0.39, 0.29) is 22.9 Å². The second-order valence-electron chi connectivity index (χ2n) is 6.60. The van der Waals surface area contributed by atoms with E-state index in [0.29, 0.717) is 18.8 Å². The van der Waals surface area contributed by atoms with Crippen LogP contribution in [0.25, 0.3) is 0 Å². The molecule has 1 saturated heterocycles. The van der Waals surface area contributed by atoms with Crippen LogP contribution in [0.15, 0.2) is 41.3 Å². The first-order valence-electron chi connectivity index (χ1n) is 8.88. The Balaban J connectivity index is 1.88. The van der Waals surface area contributed by atoms with E-state index in [2.05, 4.69) is 0 Å². The molecule has 8 nitrogen and oxygen atoms in total. The summed E-state index contributed by atoms with van der Waals surface area (Å²) in [6, 6.07) is 9.32. The highest BCUT2D eigenvalue weighted by Crippen LogP contribution is 2.33. The lowest BCUT2D eigenvalue weighted by Crippen LogP contribution is -2.27. The Morgan fingerprint density at radius 2 is 1.79 bits per heavy atom. The molecule has 0 bridgehead atoms.